The predicted octanol–water partition coefficient (Wildman–Crippen LogP) is 5.99. The van der Waals surface area contributed by atoms with Crippen LogP contribution < -0.4 is 4.74 Å². The van der Waals surface area contributed by atoms with E-state index in [1.807, 2.05) is 12.1 Å². The van der Waals surface area contributed by atoms with Crippen molar-refractivity contribution in [1.82, 2.24) is 9.97 Å². The van der Waals surface area contributed by atoms with Gasteiger partial charge in [0, 0.05) is 11.6 Å². The molecule has 0 atom stereocenters. The van der Waals surface area contributed by atoms with Crippen LogP contribution in [0.4, 0.5) is 0 Å². The van der Waals surface area contributed by atoms with Gasteiger partial charge in [0.2, 0.25) is 5.28 Å². The van der Waals surface area contributed by atoms with Crippen LogP contribution in [-0.4, -0.2) is 9.97 Å². The van der Waals surface area contributed by atoms with Gasteiger partial charge in [-0.1, -0.05) is 63.6 Å². The van der Waals surface area contributed by atoms with Crippen molar-refractivity contribution < 1.29 is 4.74 Å². The Balaban J connectivity index is 1.69. The van der Waals surface area contributed by atoms with Crippen LogP contribution in [-0.2, 0) is 18.4 Å². The van der Waals surface area contributed by atoms with Gasteiger partial charge in [-0.05, 0) is 52.9 Å². The van der Waals surface area contributed by atoms with Gasteiger partial charge in [0.25, 0.3) is 0 Å². The van der Waals surface area contributed by atoms with Crippen LogP contribution in [0.25, 0.3) is 0 Å². The summed E-state index contributed by atoms with van der Waals surface area (Å²) in [6.45, 7) is 7.08. The largest absolute Gasteiger partial charge is 0.487 e. The molecule has 0 spiro atoms. The second-order valence-corrected chi connectivity index (χ2v) is 7.54. The van der Waals surface area contributed by atoms with Crippen LogP contribution in [0.2, 0.25) is 5.28 Å². The Hall–Kier alpha value is -2.39. The van der Waals surface area contributed by atoms with Crippen molar-refractivity contribution in [2.75, 3.05) is 0 Å². The lowest BCUT2D eigenvalue weighted by atomic mass is 9.78. The highest BCUT2D eigenvalue weighted by molar-refractivity contribution is 6.28. The number of aryl methyl sites for hydroxylation is 1. The molecule has 0 aliphatic rings. The summed E-state index contributed by atoms with van der Waals surface area (Å²) in [4.78, 5) is 8.01. The smallest absolute Gasteiger partial charge is 0.222 e. The minimum Gasteiger partial charge on any atom is -0.487 e. The SMILES string of the molecule is CCCc1ccc(C(C)(C)c2ccc(OCc3ccnc(Cl)n3)cc2)cc1. The molecule has 0 amide bonds. The van der Waals surface area contributed by atoms with Crippen molar-refractivity contribution in [3.8, 4) is 5.75 Å². The molecule has 1 aromatic heterocycles. The first-order valence-corrected chi connectivity index (χ1v) is 9.67. The number of benzene rings is 2. The van der Waals surface area contributed by atoms with E-state index in [0.29, 0.717) is 6.61 Å². The van der Waals surface area contributed by atoms with Gasteiger partial charge >= 0.3 is 0 Å². The van der Waals surface area contributed by atoms with E-state index in [1.54, 1.807) is 12.3 Å². The highest BCUT2D eigenvalue weighted by atomic mass is 35.5. The Morgan fingerprint density at radius 2 is 1.56 bits per heavy atom. The molecule has 0 N–H and O–H groups in total. The molecule has 0 bridgehead atoms. The van der Waals surface area contributed by atoms with Gasteiger partial charge < -0.3 is 4.74 Å². The Morgan fingerprint density at radius 1 is 0.926 bits per heavy atom. The van der Waals surface area contributed by atoms with Gasteiger partial charge in [0.05, 0.1) is 5.69 Å². The Bertz CT molecular complexity index is 874. The molecular formula is C23H25ClN2O. The van der Waals surface area contributed by atoms with Crippen LogP contribution >= 0.6 is 11.6 Å². The summed E-state index contributed by atoms with van der Waals surface area (Å²) < 4.78 is 5.81. The lowest BCUT2D eigenvalue weighted by Gasteiger charge is -2.26. The third-order valence-electron chi connectivity index (χ3n) is 4.86. The maximum Gasteiger partial charge on any atom is 0.222 e. The summed E-state index contributed by atoms with van der Waals surface area (Å²) in [7, 11) is 0. The van der Waals surface area contributed by atoms with E-state index in [0.717, 1.165) is 17.9 Å². The summed E-state index contributed by atoms with van der Waals surface area (Å²) in [5.41, 5.74) is 4.65. The maximum absolute atomic E-state index is 5.81. The van der Waals surface area contributed by atoms with E-state index in [2.05, 4.69) is 67.1 Å². The fourth-order valence-corrected chi connectivity index (χ4v) is 3.28. The summed E-state index contributed by atoms with van der Waals surface area (Å²) in [6, 6.07) is 19.0. The number of hydrogen-bond acceptors (Lipinski definition) is 3. The highest BCUT2D eigenvalue weighted by Crippen LogP contribution is 2.32. The molecule has 0 fully saturated rings. The third-order valence-corrected chi connectivity index (χ3v) is 5.04. The van der Waals surface area contributed by atoms with Crippen LogP contribution in [0, 0.1) is 0 Å². The first kappa shape index (κ1) is 19.4. The van der Waals surface area contributed by atoms with Crippen LogP contribution in [0.5, 0.6) is 5.75 Å². The summed E-state index contributed by atoms with van der Waals surface area (Å²) in [5.74, 6) is 0.808. The Morgan fingerprint density at radius 3 is 2.15 bits per heavy atom. The lowest BCUT2D eigenvalue weighted by Crippen LogP contribution is -2.18. The van der Waals surface area contributed by atoms with E-state index in [1.165, 1.54) is 23.1 Å². The molecule has 1 heterocycles. The molecule has 2 aromatic carbocycles. The van der Waals surface area contributed by atoms with E-state index in [-0.39, 0.29) is 10.7 Å². The maximum atomic E-state index is 5.81. The Kier molecular flexibility index (Phi) is 6.12. The highest BCUT2D eigenvalue weighted by Gasteiger charge is 2.23. The number of halogens is 1. The first-order chi connectivity index (χ1) is 13.0. The number of aromatic nitrogens is 2. The van der Waals surface area contributed by atoms with Gasteiger partial charge in [-0.15, -0.1) is 0 Å². The monoisotopic (exact) mass is 380 g/mol. The molecule has 0 saturated heterocycles. The van der Waals surface area contributed by atoms with Gasteiger partial charge in [-0.2, -0.15) is 0 Å². The minimum atomic E-state index is -0.0660. The number of hydrogen-bond donors (Lipinski definition) is 0. The van der Waals surface area contributed by atoms with Crippen molar-refractivity contribution in [1.29, 1.82) is 0 Å². The average Bonchev–Trinajstić information content (AvgIpc) is 2.67. The van der Waals surface area contributed by atoms with Crippen molar-refractivity contribution in [2.24, 2.45) is 0 Å². The molecule has 3 aromatic rings. The third kappa shape index (κ3) is 4.86. The summed E-state index contributed by atoms with van der Waals surface area (Å²) in [5, 5.41) is 0.234. The number of ether oxygens (including phenoxy) is 1. The van der Waals surface area contributed by atoms with Crippen LogP contribution in [0.1, 0.15) is 49.6 Å². The molecule has 3 rings (SSSR count). The van der Waals surface area contributed by atoms with Gasteiger partial charge in [-0.3, -0.25) is 0 Å². The fourth-order valence-electron chi connectivity index (χ4n) is 3.12. The summed E-state index contributed by atoms with van der Waals surface area (Å²) >= 11 is 5.81. The summed E-state index contributed by atoms with van der Waals surface area (Å²) in [6.07, 6.45) is 3.93. The first-order valence-electron chi connectivity index (χ1n) is 9.29. The molecular weight excluding hydrogens is 356 g/mol. The standard InChI is InChI=1S/C23H25ClN2O/c1-4-5-17-6-8-18(9-7-17)23(2,3)19-10-12-21(13-11-19)27-16-20-14-15-25-22(24)26-20/h6-15H,4-5,16H2,1-3H3. The minimum absolute atomic E-state index is 0.0660. The topological polar surface area (TPSA) is 35.0 Å². The van der Waals surface area contributed by atoms with Gasteiger partial charge in [0.1, 0.15) is 12.4 Å². The molecule has 0 saturated carbocycles. The zero-order valence-corrected chi connectivity index (χ0v) is 16.8. The molecule has 4 heteroatoms. The average molecular weight is 381 g/mol. The molecule has 3 nitrogen and oxygen atoms in total. The molecule has 0 unspecified atom stereocenters. The van der Waals surface area contributed by atoms with Gasteiger partial charge in [-0.25, -0.2) is 9.97 Å². The molecule has 27 heavy (non-hydrogen) atoms. The second-order valence-electron chi connectivity index (χ2n) is 7.20. The van der Waals surface area contributed by atoms with Crippen molar-refractivity contribution in [3.05, 3.63) is 88.5 Å². The Labute approximate surface area is 166 Å². The normalized spacial score (nSPS) is 11.4. The zero-order valence-electron chi connectivity index (χ0n) is 16.1. The van der Waals surface area contributed by atoms with Crippen LogP contribution in [0.3, 0.4) is 0 Å². The second kappa shape index (κ2) is 8.53. The number of nitrogens with zero attached hydrogens (tertiary/aromatic N) is 2. The molecule has 140 valence electrons. The fraction of sp³-hybridized carbons (Fsp3) is 0.304. The van der Waals surface area contributed by atoms with E-state index in [4.69, 9.17) is 16.3 Å². The van der Waals surface area contributed by atoms with Crippen molar-refractivity contribution in [3.63, 3.8) is 0 Å². The molecule has 0 aliphatic heterocycles. The van der Waals surface area contributed by atoms with E-state index in [9.17, 15) is 0 Å². The zero-order chi connectivity index (χ0) is 19.3. The van der Waals surface area contributed by atoms with Crippen LogP contribution in [0.15, 0.2) is 60.8 Å². The van der Waals surface area contributed by atoms with Crippen molar-refractivity contribution in [2.45, 2.75) is 45.6 Å². The number of rotatable bonds is 7. The predicted molar refractivity (Wildman–Crippen MR) is 110 cm³/mol. The van der Waals surface area contributed by atoms with E-state index < -0.39 is 0 Å². The van der Waals surface area contributed by atoms with E-state index >= 15 is 0 Å². The van der Waals surface area contributed by atoms with Gasteiger partial charge in [0.15, 0.2) is 0 Å². The molecule has 0 radical (unpaired) electrons. The quantitative estimate of drug-likeness (QED) is 0.472. The van der Waals surface area contributed by atoms with Crippen molar-refractivity contribution >= 4 is 11.6 Å². The molecule has 0 aliphatic carbocycles. The lowest BCUT2D eigenvalue weighted by molar-refractivity contribution is 0.301.